The van der Waals surface area contributed by atoms with Crippen molar-refractivity contribution in [3.63, 3.8) is 0 Å². The Morgan fingerprint density at radius 3 is 2.62 bits per heavy atom. The van der Waals surface area contributed by atoms with Gasteiger partial charge in [0.05, 0.1) is 25.4 Å². The molecule has 0 saturated carbocycles. The number of nitrogens with one attached hydrogen (secondary N) is 2. The van der Waals surface area contributed by atoms with E-state index in [-0.39, 0.29) is 11.9 Å². The van der Waals surface area contributed by atoms with Gasteiger partial charge in [0.2, 0.25) is 0 Å². The van der Waals surface area contributed by atoms with E-state index < -0.39 is 5.97 Å². The maximum atomic E-state index is 12.5. The van der Waals surface area contributed by atoms with E-state index in [4.69, 9.17) is 9.47 Å². The lowest BCUT2D eigenvalue weighted by Crippen LogP contribution is -2.46. The highest BCUT2D eigenvalue weighted by molar-refractivity contribution is 6.00. The minimum atomic E-state index is -0.399. The van der Waals surface area contributed by atoms with Crippen LogP contribution < -0.4 is 5.32 Å². The molecule has 0 radical (unpaired) electrons. The maximum absolute atomic E-state index is 12.5. The molecule has 2 rings (SSSR count). The van der Waals surface area contributed by atoms with Gasteiger partial charge in [0.1, 0.15) is 5.69 Å². The number of rotatable bonds is 6. The lowest BCUT2D eigenvalue weighted by molar-refractivity contribution is 0.0342. The van der Waals surface area contributed by atoms with Crippen LogP contribution in [0.2, 0.25) is 0 Å². The monoisotopic (exact) mass is 337 g/mol. The highest BCUT2D eigenvalue weighted by Gasteiger charge is 2.24. The topological polar surface area (TPSA) is 83.7 Å². The van der Waals surface area contributed by atoms with Gasteiger partial charge < -0.3 is 19.8 Å². The van der Waals surface area contributed by atoms with Gasteiger partial charge >= 0.3 is 5.97 Å². The van der Waals surface area contributed by atoms with Crippen LogP contribution in [0.3, 0.4) is 0 Å². The zero-order valence-electron chi connectivity index (χ0n) is 14.9. The van der Waals surface area contributed by atoms with Crippen LogP contribution >= 0.6 is 0 Å². The van der Waals surface area contributed by atoms with Gasteiger partial charge in [0, 0.05) is 31.4 Å². The summed E-state index contributed by atoms with van der Waals surface area (Å²) in [5.41, 5.74) is 2.14. The molecule has 1 aliphatic rings. The van der Waals surface area contributed by atoms with Crippen molar-refractivity contribution >= 4 is 11.9 Å². The summed E-state index contributed by atoms with van der Waals surface area (Å²) in [5, 5.41) is 2.99. The molecule has 134 valence electrons. The normalized spacial score (nSPS) is 16.7. The molecule has 2 heterocycles. The predicted molar refractivity (Wildman–Crippen MR) is 90.4 cm³/mol. The van der Waals surface area contributed by atoms with E-state index in [1.54, 1.807) is 20.8 Å². The van der Waals surface area contributed by atoms with Crippen LogP contribution in [-0.2, 0) is 9.47 Å². The van der Waals surface area contributed by atoms with Crippen molar-refractivity contribution in [1.29, 1.82) is 0 Å². The van der Waals surface area contributed by atoms with E-state index in [1.165, 1.54) is 0 Å². The molecule has 1 aliphatic heterocycles. The SMILES string of the molecule is CCOC(=O)c1c(C)[nH]c(C(=O)N[C@@H](C)CN2CCOCC2)c1C. The van der Waals surface area contributed by atoms with Gasteiger partial charge in [0.15, 0.2) is 0 Å². The third-order valence-electron chi connectivity index (χ3n) is 4.16. The second-order valence-corrected chi connectivity index (χ2v) is 6.13. The van der Waals surface area contributed by atoms with Crippen LogP contribution in [0.5, 0.6) is 0 Å². The maximum Gasteiger partial charge on any atom is 0.340 e. The Morgan fingerprint density at radius 1 is 1.33 bits per heavy atom. The molecule has 0 bridgehead atoms. The number of esters is 1. The van der Waals surface area contributed by atoms with Gasteiger partial charge in [-0.05, 0) is 33.3 Å². The summed E-state index contributed by atoms with van der Waals surface area (Å²) in [6.45, 7) is 11.6. The summed E-state index contributed by atoms with van der Waals surface area (Å²) in [7, 11) is 0. The van der Waals surface area contributed by atoms with E-state index in [0.717, 1.165) is 32.8 Å². The van der Waals surface area contributed by atoms with Crippen molar-refractivity contribution < 1.29 is 19.1 Å². The number of hydrogen-bond donors (Lipinski definition) is 2. The Hall–Kier alpha value is -1.86. The van der Waals surface area contributed by atoms with E-state index in [9.17, 15) is 9.59 Å². The number of amides is 1. The van der Waals surface area contributed by atoms with Crippen LogP contribution in [0.4, 0.5) is 0 Å². The molecule has 1 atom stereocenters. The fourth-order valence-electron chi connectivity index (χ4n) is 3.00. The first-order valence-corrected chi connectivity index (χ1v) is 8.41. The smallest absolute Gasteiger partial charge is 0.340 e. The molecule has 7 heteroatoms. The Morgan fingerprint density at radius 2 is 2.00 bits per heavy atom. The molecule has 7 nitrogen and oxygen atoms in total. The van der Waals surface area contributed by atoms with Crippen molar-refractivity contribution in [3.8, 4) is 0 Å². The number of aromatic amines is 1. The lowest BCUT2D eigenvalue weighted by atomic mass is 10.1. The Labute approximate surface area is 142 Å². The van der Waals surface area contributed by atoms with E-state index in [0.29, 0.717) is 29.1 Å². The van der Waals surface area contributed by atoms with E-state index in [1.807, 2.05) is 6.92 Å². The fraction of sp³-hybridized carbons (Fsp3) is 0.647. The molecule has 0 aliphatic carbocycles. The van der Waals surface area contributed by atoms with Crippen LogP contribution in [-0.4, -0.2) is 67.3 Å². The first kappa shape index (κ1) is 18.5. The summed E-state index contributed by atoms with van der Waals surface area (Å²) in [6.07, 6.45) is 0. The van der Waals surface area contributed by atoms with Crippen LogP contribution in [0, 0.1) is 13.8 Å². The van der Waals surface area contributed by atoms with Crippen molar-refractivity contribution in [2.24, 2.45) is 0 Å². The zero-order valence-corrected chi connectivity index (χ0v) is 14.9. The van der Waals surface area contributed by atoms with Gasteiger partial charge in [-0.1, -0.05) is 0 Å². The first-order chi connectivity index (χ1) is 11.4. The molecule has 1 amide bonds. The molecule has 2 N–H and O–H groups in total. The Kier molecular flexibility index (Phi) is 6.39. The minimum absolute atomic E-state index is 0.00431. The molecule has 24 heavy (non-hydrogen) atoms. The molecule has 1 aromatic heterocycles. The van der Waals surface area contributed by atoms with Gasteiger partial charge in [-0.3, -0.25) is 9.69 Å². The van der Waals surface area contributed by atoms with Crippen molar-refractivity contribution in [2.75, 3.05) is 39.5 Å². The van der Waals surface area contributed by atoms with Gasteiger partial charge in [0.25, 0.3) is 5.91 Å². The van der Waals surface area contributed by atoms with Crippen molar-refractivity contribution in [1.82, 2.24) is 15.2 Å². The Balaban J connectivity index is 2.01. The third-order valence-corrected chi connectivity index (χ3v) is 4.16. The molecule has 0 spiro atoms. The summed E-state index contributed by atoms with van der Waals surface area (Å²) in [5.74, 6) is -0.601. The predicted octanol–water partition coefficient (Wildman–Crippen LogP) is 1.26. The number of nitrogens with zero attached hydrogens (tertiary/aromatic N) is 1. The van der Waals surface area contributed by atoms with Gasteiger partial charge in [-0.2, -0.15) is 0 Å². The number of carbonyl (C=O) groups is 2. The highest BCUT2D eigenvalue weighted by Crippen LogP contribution is 2.19. The zero-order chi connectivity index (χ0) is 17.7. The number of H-pyrrole nitrogens is 1. The average molecular weight is 337 g/mol. The fourth-order valence-corrected chi connectivity index (χ4v) is 3.00. The number of carbonyl (C=O) groups excluding carboxylic acids is 2. The van der Waals surface area contributed by atoms with Crippen LogP contribution in [0.1, 0.15) is 46.0 Å². The van der Waals surface area contributed by atoms with Crippen molar-refractivity contribution in [3.05, 3.63) is 22.5 Å². The van der Waals surface area contributed by atoms with E-state index in [2.05, 4.69) is 15.2 Å². The van der Waals surface area contributed by atoms with Crippen LogP contribution in [0.15, 0.2) is 0 Å². The standard InChI is InChI=1S/C17H27N3O4/c1-5-24-17(22)14-12(3)15(19-13(14)4)16(21)18-11(2)10-20-6-8-23-9-7-20/h11,19H,5-10H2,1-4H3,(H,18,21)/t11-/m0/s1. The largest absolute Gasteiger partial charge is 0.462 e. The highest BCUT2D eigenvalue weighted by atomic mass is 16.5. The first-order valence-electron chi connectivity index (χ1n) is 8.41. The van der Waals surface area contributed by atoms with Crippen LogP contribution in [0.25, 0.3) is 0 Å². The molecule has 1 aromatic rings. The summed E-state index contributed by atoms with van der Waals surface area (Å²) in [4.78, 5) is 29.8. The second kappa shape index (κ2) is 8.30. The Bertz CT molecular complexity index is 591. The second-order valence-electron chi connectivity index (χ2n) is 6.13. The molecular formula is C17H27N3O4. The summed E-state index contributed by atoms with van der Waals surface area (Å²) >= 11 is 0. The quantitative estimate of drug-likeness (QED) is 0.764. The summed E-state index contributed by atoms with van der Waals surface area (Å²) in [6, 6.07) is 0.00431. The lowest BCUT2D eigenvalue weighted by Gasteiger charge is -2.29. The number of aryl methyl sites for hydroxylation is 1. The molecule has 0 aromatic carbocycles. The third kappa shape index (κ3) is 4.36. The van der Waals surface area contributed by atoms with Gasteiger partial charge in [-0.15, -0.1) is 0 Å². The summed E-state index contributed by atoms with van der Waals surface area (Å²) < 4.78 is 10.4. The minimum Gasteiger partial charge on any atom is -0.462 e. The molecule has 1 fully saturated rings. The number of aromatic nitrogens is 1. The number of hydrogen-bond acceptors (Lipinski definition) is 5. The van der Waals surface area contributed by atoms with Crippen molar-refractivity contribution in [2.45, 2.75) is 33.7 Å². The molecular weight excluding hydrogens is 310 g/mol. The van der Waals surface area contributed by atoms with Gasteiger partial charge in [-0.25, -0.2) is 4.79 Å². The number of ether oxygens (including phenoxy) is 2. The average Bonchev–Trinajstić information content (AvgIpc) is 2.83. The van der Waals surface area contributed by atoms with E-state index >= 15 is 0 Å². The molecule has 0 unspecified atom stereocenters. The molecule has 1 saturated heterocycles. The number of morpholine rings is 1.